The molecule has 4 rings (SSSR count). The van der Waals surface area contributed by atoms with Crippen molar-refractivity contribution in [2.75, 3.05) is 31.4 Å². The molecule has 0 spiro atoms. The molecule has 134 valence electrons. The molecule has 4 aromatic heterocycles. The molecule has 0 bridgehead atoms. The molecule has 0 aliphatic carbocycles. The molecule has 0 unspecified atom stereocenters. The molecule has 4 heterocycles. The maximum absolute atomic E-state index is 13.1. The van der Waals surface area contributed by atoms with Gasteiger partial charge in [-0.15, -0.1) is 10.2 Å². The van der Waals surface area contributed by atoms with Crippen molar-refractivity contribution in [3.63, 3.8) is 0 Å². The molecule has 11 heteroatoms. The summed E-state index contributed by atoms with van der Waals surface area (Å²) in [5, 5.41) is 14.9. The number of fused-ring (bicyclic) bond motifs is 2. The summed E-state index contributed by atoms with van der Waals surface area (Å²) in [6.07, 6.45) is 1.73. The van der Waals surface area contributed by atoms with Crippen LogP contribution in [0.25, 0.3) is 27.9 Å². The van der Waals surface area contributed by atoms with Gasteiger partial charge in [-0.25, -0.2) is 23.0 Å². The molecule has 26 heavy (non-hydrogen) atoms. The molecule has 0 saturated carbocycles. The smallest absolute Gasteiger partial charge is 0.240 e. The lowest BCUT2D eigenvalue weighted by Gasteiger charge is -2.09. The molecule has 0 fully saturated rings. The van der Waals surface area contributed by atoms with Crippen LogP contribution in [0.4, 0.5) is 20.5 Å². The van der Waals surface area contributed by atoms with Gasteiger partial charge >= 0.3 is 0 Å². The van der Waals surface area contributed by atoms with E-state index in [0.717, 1.165) is 5.56 Å². The fourth-order valence-corrected chi connectivity index (χ4v) is 2.82. The van der Waals surface area contributed by atoms with Crippen LogP contribution in [0.2, 0.25) is 0 Å². The lowest BCUT2D eigenvalue weighted by atomic mass is 10.2. The molecule has 4 aromatic rings. The summed E-state index contributed by atoms with van der Waals surface area (Å²) < 4.78 is 28.9. The van der Waals surface area contributed by atoms with Crippen molar-refractivity contribution in [1.82, 2.24) is 34.6 Å². The molecule has 3 N–H and O–H groups in total. The van der Waals surface area contributed by atoms with E-state index in [1.807, 2.05) is 6.07 Å². The van der Waals surface area contributed by atoms with Crippen molar-refractivity contribution in [1.29, 1.82) is 0 Å². The van der Waals surface area contributed by atoms with E-state index in [9.17, 15) is 8.78 Å². The van der Waals surface area contributed by atoms with Gasteiger partial charge < -0.3 is 11.1 Å². The van der Waals surface area contributed by atoms with Crippen LogP contribution in [0.1, 0.15) is 6.04 Å². The average molecular weight is 359 g/mol. The van der Waals surface area contributed by atoms with Gasteiger partial charge in [-0.3, -0.25) is 0 Å². The number of hydrogen-bond donors (Lipinski definition) is 2. The molecule has 0 aromatic carbocycles. The second-order valence-corrected chi connectivity index (χ2v) is 5.63. The van der Waals surface area contributed by atoms with Gasteiger partial charge in [0.05, 0.1) is 5.69 Å². The van der Waals surface area contributed by atoms with Crippen LogP contribution in [-0.4, -0.2) is 55.0 Å². The van der Waals surface area contributed by atoms with Crippen molar-refractivity contribution >= 4 is 28.4 Å². The van der Waals surface area contributed by atoms with Gasteiger partial charge in [-0.1, -0.05) is 5.21 Å². The maximum Gasteiger partial charge on any atom is 0.240 e. The van der Waals surface area contributed by atoms with Gasteiger partial charge in [0.15, 0.2) is 11.5 Å². The Bertz CT molecular complexity index is 1080. The predicted octanol–water partition coefficient (Wildman–Crippen LogP) is 1.64. The van der Waals surface area contributed by atoms with E-state index in [0.29, 0.717) is 28.2 Å². The number of pyridine rings is 1. The third-order valence-corrected chi connectivity index (χ3v) is 4.06. The second-order valence-electron chi connectivity index (χ2n) is 5.63. The van der Waals surface area contributed by atoms with Crippen LogP contribution in [0.3, 0.4) is 0 Å². The summed E-state index contributed by atoms with van der Waals surface area (Å²) in [4.78, 5) is 8.70. The summed E-state index contributed by atoms with van der Waals surface area (Å²) in [5.74, 6) is 0.667. The Morgan fingerprint density at radius 2 is 2.00 bits per heavy atom. The first-order valence-electron chi connectivity index (χ1n) is 7.83. The van der Waals surface area contributed by atoms with Gasteiger partial charge in [0, 0.05) is 18.8 Å². The molecule has 0 amide bonds. The average Bonchev–Trinajstić information content (AvgIpc) is 3.26. The first-order valence-corrected chi connectivity index (χ1v) is 7.83. The third kappa shape index (κ3) is 2.39. The van der Waals surface area contributed by atoms with E-state index in [2.05, 4.69) is 30.7 Å². The van der Waals surface area contributed by atoms with E-state index >= 15 is 0 Å². The van der Waals surface area contributed by atoms with Crippen LogP contribution in [0.5, 0.6) is 0 Å². The molecule has 0 aliphatic heterocycles. The monoisotopic (exact) mass is 359 g/mol. The predicted molar refractivity (Wildman–Crippen MR) is 92.3 cm³/mol. The molecule has 0 radical (unpaired) electrons. The summed E-state index contributed by atoms with van der Waals surface area (Å²) >= 11 is 0. The SMILES string of the molecule is CNc1nc(N)nn2ccc(-c3ccc4nnn(C(CF)CF)c4n3)c12. The number of aromatic nitrogens is 7. The highest BCUT2D eigenvalue weighted by atomic mass is 19.1. The quantitative estimate of drug-likeness (QED) is 0.557. The van der Waals surface area contributed by atoms with Gasteiger partial charge in [0.2, 0.25) is 5.95 Å². The standard InChI is InChI=1S/C15H15F2N9/c1-19-13-12-9(4-5-25(12)23-15(18)21-13)10-2-3-11-14(20-10)26(24-22-11)8(6-16)7-17/h2-5,8H,6-7H2,1H3,(H3,18,19,21,23). The van der Waals surface area contributed by atoms with E-state index in [-0.39, 0.29) is 5.95 Å². The number of alkyl halides is 2. The number of nitrogens with zero attached hydrogens (tertiary/aromatic N) is 7. The van der Waals surface area contributed by atoms with Crippen molar-refractivity contribution in [2.45, 2.75) is 6.04 Å². The maximum atomic E-state index is 13.1. The Hall–Kier alpha value is -3.37. The van der Waals surface area contributed by atoms with Gasteiger partial charge in [0.1, 0.15) is 30.4 Å². The minimum atomic E-state index is -1.05. The fourth-order valence-electron chi connectivity index (χ4n) is 2.82. The molecular weight excluding hydrogens is 344 g/mol. The number of rotatable bonds is 5. The molecule has 9 nitrogen and oxygen atoms in total. The topological polar surface area (TPSA) is 112 Å². The molecule has 0 aliphatic rings. The minimum Gasteiger partial charge on any atom is -0.371 e. The van der Waals surface area contributed by atoms with Crippen molar-refractivity contribution in [2.24, 2.45) is 0 Å². The Kier molecular flexibility index (Phi) is 3.82. The van der Waals surface area contributed by atoms with Crippen molar-refractivity contribution in [3.8, 4) is 11.3 Å². The first kappa shape index (κ1) is 16.1. The van der Waals surface area contributed by atoms with Gasteiger partial charge in [-0.2, -0.15) is 4.98 Å². The van der Waals surface area contributed by atoms with Crippen molar-refractivity contribution in [3.05, 3.63) is 24.4 Å². The van der Waals surface area contributed by atoms with Crippen LogP contribution in [0.15, 0.2) is 24.4 Å². The van der Waals surface area contributed by atoms with Crippen LogP contribution in [0, 0.1) is 0 Å². The Morgan fingerprint density at radius 3 is 2.73 bits per heavy atom. The molecule has 0 atom stereocenters. The zero-order valence-corrected chi connectivity index (χ0v) is 13.8. The largest absolute Gasteiger partial charge is 0.371 e. The van der Waals surface area contributed by atoms with E-state index in [1.165, 1.54) is 4.68 Å². The summed E-state index contributed by atoms with van der Waals surface area (Å²) in [7, 11) is 1.72. The lowest BCUT2D eigenvalue weighted by molar-refractivity contribution is 0.273. The van der Waals surface area contributed by atoms with Crippen LogP contribution in [-0.2, 0) is 0 Å². The van der Waals surface area contributed by atoms with Crippen LogP contribution >= 0.6 is 0 Å². The lowest BCUT2D eigenvalue weighted by Crippen LogP contribution is -2.15. The summed E-state index contributed by atoms with van der Waals surface area (Å²) in [5.41, 5.74) is 8.46. The van der Waals surface area contributed by atoms with E-state index in [4.69, 9.17) is 5.73 Å². The second kappa shape index (κ2) is 6.17. The Morgan fingerprint density at radius 1 is 1.19 bits per heavy atom. The normalized spacial score (nSPS) is 11.7. The summed E-state index contributed by atoms with van der Waals surface area (Å²) in [6, 6.07) is 4.22. The zero-order valence-electron chi connectivity index (χ0n) is 13.8. The Labute approximate surface area is 145 Å². The number of hydrogen-bond acceptors (Lipinski definition) is 7. The number of halogens is 2. The highest BCUT2D eigenvalue weighted by molar-refractivity contribution is 5.89. The summed E-state index contributed by atoms with van der Waals surface area (Å²) in [6.45, 7) is -1.79. The zero-order chi connectivity index (χ0) is 18.3. The number of nitrogen functional groups attached to an aromatic ring is 1. The highest BCUT2D eigenvalue weighted by Gasteiger charge is 2.19. The van der Waals surface area contributed by atoms with Crippen molar-refractivity contribution < 1.29 is 8.78 Å². The minimum absolute atomic E-state index is 0.128. The molecule has 0 saturated heterocycles. The molecular formula is C15H15F2N9. The van der Waals surface area contributed by atoms with Gasteiger partial charge in [-0.05, 0) is 18.2 Å². The number of nitrogens with one attached hydrogen (secondary N) is 1. The fraction of sp³-hybridized carbons (Fsp3) is 0.267. The van der Waals surface area contributed by atoms with Gasteiger partial charge in [0.25, 0.3) is 0 Å². The third-order valence-electron chi connectivity index (χ3n) is 4.06. The number of nitrogens with two attached hydrogens (primary N) is 1. The Balaban J connectivity index is 1.92. The highest BCUT2D eigenvalue weighted by Crippen LogP contribution is 2.30. The van der Waals surface area contributed by atoms with E-state index < -0.39 is 19.4 Å². The van der Waals surface area contributed by atoms with E-state index in [1.54, 1.807) is 29.9 Å². The van der Waals surface area contributed by atoms with Crippen LogP contribution < -0.4 is 11.1 Å². The number of anilines is 2. The first-order chi connectivity index (χ1) is 12.7.